The van der Waals surface area contributed by atoms with Crippen molar-refractivity contribution in [1.82, 2.24) is 9.88 Å². The van der Waals surface area contributed by atoms with Gasteiger partial charge in [0, 0.05) is 32.4 Å². The van der Waals surface area contributed by atoms with E-state index in [1.54, 1.807) is 6.20 Å². The summed E-state index contributed by atoms with van der Waals surface area (Å²) in [7, 11) is 2.12. The third kappa shape index (κ3) is 2.45. The fourth-order valence-electron chi connectivity index (χ4n) is 2.05. The number of aromatic nitrogens is 1. The Labute approximate surface area is 101 Å². The maximum absolute atomic E-state index is 5.83. The van der Waals surface area contributed by atoms with Gasteiger partial charge in [0.15, 0.2) is 0 Å². The van der Waals surface area contributed by atoms with E-state index in [4.69, 9.17) is 17.3 Å². The van der Waals surface area contributed by atoms with E-state index in [1.807, 2.05) is 12.1 Å². The van der Waals surface area contributed by atoms with E-state index in [2.05, 4.69) is 21.8 Å². The van der Waals surface area contributed by atoms with Crippen LogP contribution in [-0.4, -0.2) is 49.2 Å². The van der Waals surface area contributed by atoms with Crippen molar-refractivity contribution in [1.29, 1.82) is 0 Å². The molecule has 2 heterocycles. The SMILES string of the molecule is CN1CCN(c2ccc(Cl)cn2)C(CN)C1. The Kier molecular flexibility index (Phi) is 3.63. The molecule has 1 aromatic heterocycles. The van der Waals surface area contributed by atoms with Crippen LogP contribution >= 0.6 is 11.6 Å². The maximum atomic E-state index is 5.83. The van der Waals surface area contributed by atoms with Crippen LogP contribution in [-0.2, 0) is 0 Å². The van der Waals surface area contributed by atoms with Crippen LogP contribution in [0.15, 0.2) is 18.3 Å². The van der Waals surface area contributed by atoms with Gasteiger partial charge in [-0.3, -0.25) is 0 Å². The molecule has 0 spiro atoms. The van der Waals surface area contributed by atoms with Crippen molar-refractivity contribution in [3.63, 3.8) is 0 Å². The first-order valence-corrected chi connectivity index (χ1v) is 5.85. The standard InChI is InChI=1S/C11H17ClN4/c1-15-4-5-16(10(6-13)8-15)11-3-2-9(12)7-14-11/h2-3,7,10H,4-6,8,13H2,1H3. The van der Waals surface area contributed by atoms with Crippen LogP contribution in [0, 0.1) is 0 Å². The Morgan fingerprint density at radius 2 is 2.31 bits per heavy atom. The van der Waals surface area contributed by atoms with E-state index in [0.717, 1.165) is 25.5 Å². The molecule has 16 heavy (non-hydrogen) atoms. The molecular formula is C11H17ClN4. The van der Waals surface area contributed by atoms with Gasteiger partial charge < -0.3 is 15.5 Å². The number of hydrogen-bond donors (Lipinski definition) is 1. The number of hydrogen-bond acceptors (Lipinski definition) is 4. The normalized spacial score (nSPS) is 22.4. The largest absolute Gasteiger partial charge is 0.350 e. The van der Waals surface area contributed by atoms with Crippen LogP contribution in [0.4, 0.5) is 5.82 Å². The molecule has 0 bridgehead atoms. The number of piperazine rings is 1. The van der Waals surface area contributed by atoms with Gasteiger partial charge in [-0.25, -0.2) is 4.98 Å². The summed E-state index contributed by atoms with van der Waals surface area (Å²) in [6, 6.07) is 4.17. The van der Waals surface area contributed by atoms with Gasteiger partial charge in [-0.15, -0.1) is 0 Å². The second kappa shape index (κ2) is 4.99. The lowest BCUT2D eigenvalue weighted by Crippen LogP contribution is -2.55. The first-order chi connectivity index (χ1) is 7.70. The second-order valence-corrected chi connectivity index (χ2v) is 4.62. The summed E-state index contributed by atoms with van der Waals surface area (Å²) in [6.07, 6.45) is 1.68. The molecule has 1 atom stereocenters. The van der Waals surface area contributed by atoms with Gasteiger partial charge in [-0.1, -0.05) is 11.6 Å². The van der Waals surface area contributed by atoms with Gasteiger partial charge in [-0.2, -0.15) is 0 Å². The Morgan fingerprint density at radius 1 is 1.50 bits per heavy atom. The number of anilines is 1. The van der Waals surface area contributed by atoms with Crippen LogP contribution < -0.4 is 10.6 Å². The summed E-state index contributed by atoms with van der Waals surface area (Å²) in [5, 5.41) is 0.669. The van der Waals surface area contributed by atoms with Crippen molar-refractivity contribution in [2.45, 2.75) is 6.04 Å². The summed E-state index contributed by atoms with van der Waals surface area (Å²) in [5.41, 5.74) is 5.80. The van der Waals surface area contributed by atoms with Crippen molar-refractivity contribution in [3.05, 3.63) is 23.4 Å². The van der Waals surface area contributed by atoms with Crippen molar-refractivity contribution in [2.75, 3.05) is 38.1 Å². The minimum Gasteiger partial charge on any atom is -0.350 e. The molecule has 0 aromatic carbocycles. The van der Waals surface area contributed by atoms with Gasteiger partial charge in [0.1, 0.15) is 5.82 Å². The summed E-state index contributed by atoms with van der Waals surface area (Å²) in [4.78, 5) is 8.90. The summed E-state index contributed by atoms with van der Waals surface area (Å²) >= 11 is 5.83. The lowest BCUT2D eigenvalue weighted by Gasteiger charge is -2.40. The highest BCUT2D eigenvalue weighted by atomic mass is 35.5. The molecule has 4 nitrogen and oxygen atoms in total. The van der Waals surface area contributed by atoms with Gasteiger partial charge >= 0.3 is 0 Å². The summed E-state index contributed by atoms with van der Waals surface area (Å²) in [5.74, 6) is 0.966. The molecule has 0 radical (unpaired) electrons. The molecule has 88 valence electrons. The topological polar surface area (TPSA) is 45.4 Å². The van der Waals surface area contributed by atoms with Crippen molar-refractivity contribution in [3.8, 4) is 0 Å². The fraction of sp³-hybridized carbons (Fsp3) is 0.545. The molecule has 1 aromatic rings. The Balaban J connectivity index is 2.15. The van der Waals surface area contributed by atoms with Crippen LogP contribution in [0.2, 0.25) is 5.02 Å². The summed E-state index contributed by atoms with van der Waals surface area (Å²) in [6.45, 7) is 3.64. The highest BCUT2D eigenvalue weighted by Gasteiger charge is 2.24. The number of likely N-dealkylation sites (N-methyl/N-ethyl adjacent to an activating group) is 1. The van der Waals surface area contributed by atoms with E-state index in [9.17, 15) is 0 Å². The third-order valence-electron chi connectivity index (χ3n) is 2.96. The molecule has 2 N–H and O–H groups in total. The average molecular weight is 241 g/mol. The van der Waals surface area contributed by atoms with E-state index >= 15 is 0 Å². The van der Waals surface area contributed by atoms with Crippen molar-refractivity contribution in [2.24, 2.45) is 5.73 Å². The minimum atomic E-state index is 0.340. The highest BCUT2D eigenvalue weighted by molar-refractivity contribution is 6.30. The number of halogens is 1. The molecule has 1 saturated heterocycles. The van der Waals surface area contributed by atoms with Gasteiger partial charge in [0.25, 0.3) is 0 Å². The van der Waals surface area contributed by atoms with Crippen LogP contribution in [0.5, 0.6) is 0 Å². The van der Waals surface area contributed by atoms with Crippen LogP contribution in [0.1, 0.15) is 0 Å². The van der Waals surface area contributed by atoms with E-state index in [-0.39, 0.29) is 0 Å². The quantitative estimate of drug-likeness (QED) is 0.831. The molecule has 1 fully saturated rings. The number of pyridine rings is 1. The number of nitrogens with zero attached hydrogens (tertiary/aromatic N) is 3. The molecule has 1 aliphatic rings. The van der Waals surface area contributed by atoms with Crippen molar-refractivity contribution < 1.29 is 0 Å². The fourth-order valence-corrected chi connectivity index (χ4v) is 2.16. The molecule has 1 unspecified atom stereocenters. The molecule has 2 rings (SSSR count). The zero-order chi connectivity index (χ0) is 11.5. The lowest BCUT2D eigenvalue weighted by atomic mass is 10.1. The predicted molar refractivity (Wildman–Crippen MR) is 66.9 cm³/mol. The van der Waals surface area contributed by atoms with Crippen LogP contribution in [0.3, 0.4) is 0 Å². The average Bonchev–Trinajstić information content (AvgIpc) is 2.30. The number of rotatable bonds is 2. The Hall–Kier alpha value is -0.840. The summed E-state index contributed by atoms with van der Waals surface area (Å²) < 4.78 is 0. The third-order valence-corrected chi connectivity index (χ3v) is 3.19. The zero-order valence-corrected chi connectivity index (χ0v) is 10.2. The minimum absolute atomic E-state index is 0.340. The first kappa shape index (κ1) is 11.6. The monoisotopic (exact) mass is 240 g/mol. The highest BCUT2D eigenvalue weighted by Crippen LogP contribution is 2.19. The lowest BCUT2D eigenvalue weighted by molar-refractivity contribution is 0.269. The molecule has 5 heteroatoms. The van der Waals surface area contributed by atoms with E-state index in [1.165, 1.54) is 0 Å². The Bertz CT molecular complexity index is 340. The van der Waals surface area contributed by atoms with Gasteiger partial charge in [0.2, 0.25) is 0 Å². The van der Waals surface area contributed by atoms with Crippen LogP contribution in [0.25, 0.3) is 0 Å². The second-order valence-electron chi connectivity index (χ2n) is 4.18. The van der Waals surface area contributed by atoms with E-state index < -0.39 is 0 Å². The first-order valence-electron chi connectivity index (χ1n) is 5.47. The maximum Gasteiger partial charge on any atom is 0.128 e. The van der Waals surface area contributed by atoms with E-state index in [0.29, 0.717) is 17.6 Å². The van der Waals surface area contributed by atoms with Crippen molar-refractivity contribution >= 4 is 17.4 Å². The zero-order valence-electron chi connectivity index (χ0n) is 9.43. The molecule has 1 aliphatic heterocycles. The smallest absolute Gasteiger partial charge is 0.128 e. The molecule has 0 amide bonds. The van der Waals surface area contributed by atoms with Gasteiger partial charge in [0.05, 0.1) is 11.1 Å². The molecular weight excluding hydrogens is 224 g/mol. The predicted octanol–water partition coefficient (Wildman–Crippen LogP) is 0.814. The number of nitrogens with two attached hydrogens (primary N) is 1. The van der Waals surface area contributed by atoms with Gasteiger partial charge in [-0.05, 0) is 19.2 Å². The Morgan fingerprint density at radius 3 is 2.94 bits per heavy atom. The molecule has 0 saturated carbocycles. The molecule has 0 aliphatic carbocycles.